The van der Waals surface area contributed by atoms with Gasteiger partial charge in [-0.25, -0.2) is 8.78 Å². The van der Waals surface area contributed by atoms with Crippen molar-refractivity contribution in [2.24, 2.45) is 22.0 Å². The zero-order chi connectivity index (χ0) is 17.4. The highest BCUT2D eigenvalue weighted by Crippen LogP contribution is 2.46. The predicted molar refractivity (Wildman–Crippen MR) is 95.4 cm³/mol. The molecule has 2 aliphatic carbocycles. The Hall–Kier alpha value is -2.30. The molecule has 1 aromatic rings. The van der Waals surface area contributed by atoms with Crippen molar-refractivity contribution in [2.45, 2.75) is 32.1 Å². The van der Waals surface area contributed by atoms with E-state index >= 15 is 0 Å². The fourth-order valence-corrected chi connectivity index (χ4v) is 3.74. The van der Waals surface area contributed by atoms with Gasteiger partial charge in [-0.05, 0) is 41.2 Å². The minimum absolute atomic E-state index is 0.253. The maximum atomic E-state index is 13.9. The Morgan fingerprint density at radius 3 is 2.80 bits per heavy atom. The molecule has 3 aliphatic rings. The first-order valence-electron chi connectivity index (χ1n) is 8.80. The lowest BCUT2D eigenvalue weighted by Crippen LogP contribution is -2.30. The summed E-state index contributed by atoms with van der Waals surface area (Å²) in [5, 5.41) is 7.97. The SMILES string of the molecule is C=N/N=C(/CC1CCC1)N1C=CC2=C(C1)C2Cc1ccc(F)cc1F. The lowest BCUT2D eigenvalue weighted by Gasteiger charge is -2.29. The van der Waals surface area contributed by atoms with Gasteiger partial charge >= 0.3 is 0 Å². The Morgan fingerprint density at radius 2 is 2.12 bits per heavy atom. The van der Waals surface area contributed by atoms with Gasteiger partial charge in [0.15, 0.2) is 0 Å². The minimum atomic E-state index is -0.533. The second kappa shape index (κ2) is 6.54. The summed E-state index contributed by atoms with van der Waals surface area (Å²) in [4.78, 5) is 2.13. The zero-order valence-corrected chi connectivity index (χ0v) is 14.1. The molecule has 1 heterocycles. The van der Waals surface area contributed by atoms with Crippen LogP contribution >= 0.6 is 0 Å². The average Bonchev–Trinajstić information content (AvgIpc) is 3.24. The molecule has 1 atom stereocenters. The fourth-order valence-electron chi connectivity index (χ4n) is 3.74. The van der Waals surface area contributed by atoms with Gasteiger partial charge in [-0.15, -0.1) is 5.10 Å². The molecule has 1 fully saturated rings. The molecule has 1 saturated carbocycles. The molecule has 1 aromatic carbocycles. The van der Waals surface area contributed by atoms with E-state index in [1.54, 1.807) is 6.07 Å². The van der Waals surface area contributed by atoms with Crippen molar-refractivity contribution in [1.82, 2.24) is 4.90 Å². The molecule has 0 aromatic heterocycles. The quantitative estimate of drug-likeness (QED) is 0.441. The monoisotopic (exact) mass is 341 g/mol. The summed E-state index contributed by atoms with van der Waals surface area (Å²) in [7, 11) is 0. The van der Waals surface area contributed by atoms with Crippen LogP contribution in [0.15, 0.2) is 51.8 Å². The molecule has 4 rings (SSSR count). The van der Waals surface area contributed by atoms with Crippen LogP contribution < -0.4 is 0 Å². The molecule has 5 heteroatoms. The van der Waals surface area contributed by atoms with Gasteiger partial charge < -0.3 is 4.90 Å². The molecule has 0 radical (unpaired) electrons. The molecule has 0 amide bonds. The van der Waals surface area contributed by atoms with Crippen molar-refractivity contribution < 1.29 is 8.78 Å². The van der Waals surface area contributed by atoms with Gasteiger partial charge in [0, 0.05) is 37.9 Å². The number of halogens is 2. The summed E-state index contributed by atoms with van der Waals surface area (Å²) in [6.45, 7) is 4.27. The fraction of sp³-hybridized carbons (Fsp3) is 0.400. The normalized spacial score (nSPS) is 22.7. The molecule has 130 valence electrons. The van der Waals surface area contributed by atoms with Crippen LogP contribution in [0.4, 0.5) is 8.78 Å². The summed E-state index contributed by atoms with van der Waals surface area (Å²) in [6.07, 6.45) is 9.47. The highest BCUT2D eigenvalue weighted by atomic mass is 19.1. The molecule has 0 N–H and O–H groups in total. The summed E-state index contributed by atoms with van der Waals surface area (Å²) in [5.74, 6) is 0.917. The van der Waals surface area contributed by atoms with Crippen molar-refractivity contribution in [3.63, 3.8) is 0 Å². The van der Waals surface area contributed by atoms with Gasteiger partial charge in [0.1, 0.15) is 17.5 Å². The Labute approximate surface area is 146 Å². The van der Waals surface area contributed by atoms with E-state index in [4.69, 9.17) is 0 Å². The molecule has 1 aliphatic heterocycles. The van der Waals surface area contributed by atoms with Gasteiger partial charge in [-0.2, -0.15) is 5.10 Å². The van der Waals surface area contributed by atoms with Crippen LogP contribution in [0.1, 0.15) is 31.2 Å². The molecule has 1 unspecified atom stereocenters. The second-order valence-electron chi connectivity index (χ2n) is 7.08. The number of hydrogen-bond acceptors (Lipinski definition) is 2. The van der Waals surface area contributed by atoms with Crippen LogP contribution in [-0.2, 0) is 6.42 Å². The van der Waals surface area contributed by atoms with Crippen LogP contribution in [-0.4, -0.2) is 24.0 Å². The van der Waals surface area contributed by atoms with Gasteiger partial charge in [0.25, 0.3) is 0 Å². The number of rotatable bonds is 5. The number of hydrogen-bond donors (Lipinski definition) is 0. The first-order valence-corrected chi connectivity index (χ1v) is 8.80. The van der Waals surface area contributed by atoms with E-state index in [-0.39, 0.29) is 5.92 Å². The van der Waals surface area contributed by atoms with Crippen molar-refractivity contribution in [1.29, 1.82) is 0 Å². The standard InChI is InChI=1S/C20H21F2N3/c1-23-24-20(9-13-3-2-4-13)25-8-7-16-17(18(16)12-25)10-14-5-6-15(21)11-19(14)22/h5-8,11,13,17H,1-4,9-10,12H2/b24-20-. The molecule has 3 nitrogen and oxygen atoms in total. The third-order valence-corrected chi connectivity index (χ3v) is 5.51. The van der Waals surface area contributed by atoms with Crippen molar-refractivity contribution >= 4 is 12.6 Å². The van der Waals surface area contributed by atoms with E-state index in [0.717, 1.165) is 24.9 Å². The number of allylic oxidation sites excluding steroid dienone is 2. The topological polar surface area (TPSA) is 28.0 Å². The summed E-state index contributed by atoms with van der Waals surface area (Å²) in [5.41, 5.74) is 3.16. The van der Waals surface area contributed by atoms with Crippen molar-refractivity contribution in [3.8, 4) is 0 Å². The highest BCUT2D eigenvalue weighted by molar-refractivity contribution is 5.85. The molecular formula is C20H21F2N3. The van der Waals surface area contributed by atoms with E-state index in [1.807, 2.05) is 6.20 Å². The largest absolute Gasteiger partial charge is 0.331 e. The molecule has 0 saturated heterocycles. The van der Waals surface area contributed by atoms with Crippen molar-refractivity contribution in [3.05, 3.63) is 58.8 Å². The summed E-state index contributed by atoms with van der Waals surface area (Å²) >= 11 is 0. The first-order chi connectivity index (χ1) is 12.2. The van der Waals surface area contributed by atoms with E-state index < -0.39 is 11.6 Å². The highest BCUT2D eigenvalue weighted by Gasteiger charge is 2.39. The summed E-state index contributed by atoms with van der Waals surface area (Å²) < 4.78 is 26.9. The van der Waals surface area contributed by atoms with Crippen LogP contribution in [0.25, 0.3) is 0 Å². The molecular weight excluding hydrogens is 320 g/mol. The van der Waals surface area contributed by atoms with Crippen LogP contribution in [0, 0.1) is 23.5 Å². The lowest BCUT2D eigenvalue weighted by molar-refractivity contribution is 0.319. The Morgan fingerprint density at radius 1 is 1.28 bits per heavy atom. The van der Waals surface area contributed by atoms with E-state index in [2.05, 4.69) is 27.9 Å². The predicted octanol–water partition coefficient (Wildman–Crippen LogP) is 4.47. The average molecular weight is 341 g/mol. The Bertz CT molecular complexity index is 790. The lowest BCUT2D eigenvalue weighted by atomic mass is 9.82. The molecule has 0 bridgehead atoms. The van der Waals surface area contributed by atoms with Crippen LogP contribution in [0.3, 0.4) is 0 Å². The zero-order valence-electron chi connectivity index (χ0n) is 14.1. The minimum Gasteiger partial charge on any atom is -0.331 e. The maximum Gasteiger partial charge on any atom is 0.132 e. The van der Waals surface area contributed by atoms with E-state index in [1.165, 1.54) is 36.5 Å². The maximum absolute atomic E-state index is 13.9. The van der Waals surface area contributed by atoms with E-state index in [9.17, 15) is 8.78 Å². The smallest absolute Gasteiger partial charge is 0.132 e. The van der Waals surface area contributed by atoms with Gasteiger partial charge in [0.05, 0.1) is 0 Å². The third-order valence-electron chi connectivity index (χ3n) is 5.51. The summed E-state index contributed by atoms with van der Waals surface area (Å²) in [6, 6.07) is 3.82. The number of nitrogens with zero attached hydrogens (tertiary/aromatic N) is 3. The Kier molecular flexibility index (Phi) is 4.24. The third kappa shape index (κ3) is 3.28. The van der Waals surface area contributed by atoms with Crippen LogP contribution in [0.2, 0.25) is 0 Å². The van der Waals surface area contributed by atoms with Crippen molar-refractivity contribution in [2.75, 3.05) is 6.54 Å². The van der Waals surface area contributed by atoms with Gasteiger partial charge in [-0.1, -0.05) is 25.3 Å². The van der Waals surface area contributed by atoms with Gasteiger partial charge in [-0.3, -0.25) is 0 Å². The first kappa shape index (κ1) is 16.2. The molecule has 0 spiro atoms. The van der Waals surface area contributed by atoms with E-state index in [0.29, 0.717) is 17.9 Å². The number of amidine groups is 1. The number of benzene rings is 1. The molecule has 25 heavy (non-hydrogen) atoms. The second-order valence-corrected chi connectivity index (χ2v) is 7.08. The van der Waals surface area contributed by atoms with Crippen LogP contribution in [0.5, 0.6) is 0 Å². The Balaban J connectivity index is 1.40. The van der Waals surface area contributed by atoms with Gasteiger partial charge in [0.2, 0.25) is 0 Å².